The smallest absolute Gasteiger partial charge is 0.229 e. The highest BCUT2D eigenvalue weighted by Gasteiger charge is 2.17. The first-order chi connectivity index (χ1) is 10.2. The maximum absolute atomic E-state index is 6.30. The molecule has 1 aromatic heterocycles. The third kappa shape index (κ3) is 2.57. The first-order valence-corrected chi connectivity index (χ1v) is 7.32. The standard InChI is InChI=1S/C17H16ClN3/c1-12(2)14-10-6-7-11-15(14)21-16(19-20-17(21)18)13-8-4-3-5-9-13/h3-12H,1-2H3. The molecule has 0 unspecified atom stereocenters. The average molecular weight is 298 g/mol. The summed E-state index contributed by atoms with van der Waals surface area (Å²) in [5.74, 6) is 1.15. The van der Waals surface area contributed by atoms with Gasteiger partial charge in [0.2, 0.25) is 5.28 Å². The molecule has 3 nitrogen and oxygen atoms in total. The number of hydrogen-bond donors (Lipinski definition) is 0. The summed E-state index contributed by atoms with van der Waals surface area (Å²) in [4.78, 5) is 0. The van der Waals surface area contributed by atoms with Crippen LogP contribution in [0.15, 0.2) is 54.6 Å². The van der Waals surface area contributed by atoms with E-state index in [0.717, 1.165) is 17.1 Å². The lowest BCUT2D eigenvalue weighted by molar-refractivity contribution is 0.847. The van der Waals surface area contributed by atoms with Crippen LogP contribution >= 0.6 is 11.6 Å². The maximum atomic E-state index is 6.30. The molecule has 21 heavy (non-hydrogen) atoms. The Balaban J connectivity index is 2.23. The van der Waals surface area contributed by atoms with E-state index in [1.54, 1.807) is 0 Å². The Morgan fingerprint density at radius 1 is 0.905 bits per heavy atom. The summed E-state index contributed by atoms with van der Waals surface area (Å²) in [5, 5.41) is 8.67. The van der Waals surface area contributed by atoms with Crippen LogP contribution in [-0.4, -0.2) is 14.8 Å². The minimum atomic E-state index is 0.377. The minimum absolute atomic E-state index is 0.377. The second-order valence-electron chi connectivity index (χ2n) is 5.21. The van der Waals surface area contributed by atoms with Gasteiger partial charge >= 0.3 is 0 Å². The molecule has 1 heterocycles. The molecule has 0 saturated heterocycles. The SMILES string of the molecule is CC(C)c1ccccc1-n1c(Cl)nnc1-c1ccccc1. The number of hydrogen-bond acceptors (Lipinski definition) is 2. The summed E-state index contributed by atoms with van der Waals surface area (Å²) < 4.78 is 1.91. The molecule has 2 aromatic carbocycles. The predicted octanol–water partition coefficient (Wildman–Crippen LogP) is 4.71. The van der Waals surface area contributed by atoms with Gasteiger partial charge in [0, 0.05) is 5.56 Å². The monoisotopic (exact) mass is 297 g/mol. The van der Waals surface area contributed by atoms with Crippen molar-refractivity contribution in [2.24, 2.45) is 0 Å². The molecule has 0 bridgehead atoms. The summed E-state index contributed by atoms with van der Waals surface area (Å²) >= 11 is 6.30. The van der Waals surface area contributed by atoms with Gasteiger partial charge in [-0.15, -0.1) is 10.2 Å². The van der Waals surface area contributed by atoms with Crippen LogP contribution in [0.4, 0.5) is 0 Å². The topological polar surface area (TPSA) is 30.7 Å². The highest BCUT2D eigenvalue weighted by Crippen LogP contribution is 2.30. The van der Waals surface area contributed by atoms with E-state index in [9.17, 15) is 0 Å². The van der Waals surface area contributed by atoms with Crippen molar-refractivity contribution in [3.05, 3.63) is 65.4 Å². The fourth-order valence-electron chi connectivity index (χ4n) is 2.43. The first kappa shape index (κ1) is 13.8. The molecule has 0 aliphatic heterocycles. The lowest BCUT2D eigenvalue weighted by atomic mass is 10.0. The predicted molar refractivity (Wildman–Crippen MR) is 85.9 cm³/mol. The van der Waals surface area contributed by atoms with Crippen molar-refractivity contribution >= 4 is 11.6 Å². The largest absolute Gasteiger partial charge is 0.265 e. The van der Waals surface area contributed by atoms with Gasteiger partial charge in [-0.1, -0.05) is 62.4 Å². The molecular weight excluding hydrogens is 282 g/mol. The number of aromatic nitrogens is 3. The van der Waals surface area contributed by atoms with Gasteiger partial charge in [-0.3, -0.25) is 4.57 Å². The Bertz CT molecular complexity index is 748. The molecule has 0 aliphatic rings. The van der Waals surface area contributed by atoms with Gasteiger partial charge in [0.1, 0.15) is 0 Å². The normalized spacial score (nSPS) is 11.0. The summed E-state index contributed by atoms with van der Waals surface area (Å²) in [7, 11) is 0. The van der Waals surface area contributed by atoms with Crippen LogP contribution in [0.1, 0.15) is 25.3 Å². The van der Waals surface area contributed by atoms with Crippen molar-refractivity contribution in [1.82, 2.24) is 14.8 Å². The summed E-state index contributed by atoms with van der Waals surface area (Å²) in [6.07, 6.45) is 0. The van der Waals surface area contributed by atoms with Crippen LogP contribution in [0.25, 0.3) is 17.1 Å². The van der Waals surface area contributed by atoms with E-state index in [1.165, 1.54) is 5.56 Å². The average Bonchev–Trinajstić information content (AvgIpc) is 2.89. The Morgan fingerprint density at radius 3 is 2.29 bits per heavy atom. The highest BCUT2D eigenvalue weighted by atomic mass is 35.5. The van der Waals surface area contributed by atoms with Crippen LogP contribution < -0.4 is 0 Å². The van der Waals surface area contributed by atoms with Gasteiger partial charge in [0.15, 0.2) is 5.82 Å². The molecule has 0 spiro atoms. The Morgan fingerprint density at radius 2 is 1.57 bits per heavy atom. The van der Waals surface area contributed by atoms with Crippen LogP contribution in [0, 0.1) is 0 Å². The fourth-order valence-corrected chi connectivity index (χ4v) is 2.64. The van der Waals surface area contributed by atoms with Gasteiger partial charge < -0.3 is 0 Å². The molecule has 0 saturated carbocycles. The highest BCUT2D eigenvalue weighted by molar-refractivity contribution is 6.28. The van der Waals surface area contributed by atoms with E-state index in [-0.39, 0.29) is 0 Å². The van der Waals surface area contributed by atoms with E-state index in [4.69, 9.17) is 11.6 Å². The van der Waals surface area contributed by atoms with E-state index in [0.29, 0.717) is 11.2 Å². The molecule has 0 atom stereocenters. The van der Waals surface area contributed by atoms with E-state index < -0.39 is 0 Å². The summed E-state index contributed by atoms with van der Waals surface area (Å²) in [5.41, 5.74) is 3.24. The van der Waals surface area contributed by atoms with Crippen molar-refractivity contribution in [3.8, 4) is 17.1 Å². The summed E-state index contributed by atoms with van der Waals surface area (Å²) in [6.45, 7) is 4.33. The molecule has 0 amide bonds. The van der Waals surface area contributed by atoms with Crippen molar-refractivity contribution in [2.45, 2.75) is 19.8 Å². The molecule has 0 N–H and O–H groups in total. The zero-order valence-corrected chi connectivity index (χ0v) is 12.7. The van der Waals surface area contributed by atoms with Gasteiger partial charge in [-0.05, 0) is 29.1 Å². The second-order valence-corrected chi connectivity index (χ2v) is 5.55. The first-order valence-electron chi connectivity index (χ1n) is 6.94. The zero-order chi connectivity index (χ0) is 14.8. The Kier molecular flexibility index (Phi) is 3.76. The zero-order valence-electron chi connectivity index (χ0n) is 12.0. The van der Waals surface area contributed by atoms with Crippen LogP contribution in [0.5, 0.6) is 0 Å². The molecular formula is C17H16ClN3. The Hall–Kier alpha value is -2.13. The van der Waals surface area contributed by atoms with Crippen molar-refractivity contribution < 1.29 is 0 Å². The number of benzene rings is 2. The number of rotatable bonds is 3. The fraction of sp³-hybridized carbons (Fsp3) is 0.176. The van der Waals surface area contributed by atoms with Gasteiger partial charge in [-0.2, -0.15) is 0 Å². The quantitative estimate of drug-likeness (QED) is 0.701. The van der Waals surface area contributed by atoms with Crippen molar-refractivity contribution in [3.63, 3.8) is 0 Å². The second kappa shape index (κ2) is 5.70. The lowest BCUT2D eigenvalue weighted by Gasteiger charge is -2.15. The van der Waals surface area contributed by atoms with E-state index >= 15 is 0 Å². The van der Waals surface area contributed by atoms with Gasteiger partial charge in [-0.25, -0.2) is 0 Å². The van der Waals surface area contributed by atoms with Crippen molar-refractivity contribution in [1.29, 1.82) is 0 Å². The van der Waals surface area contributed by atoms with Crippen LogP contribution in [-0.2, 0) is 0 Å². The number of nitrogens with zero attached hydrogens (tertiary/aromatic N) is 3. The molecule has 3 rings (SSSR count). The maximum Gasteiger partial charge on any atom is 0.229 e. The van der Waals surface area contributed by atoms with Crippen molar-refractivity contribution in [2.75, 3.05) is 0 Å². The third-order valence-electron chi connectivity index (χ3n) is 3.46. The molecule has 4 heteroatoms. The van der Waals surface area contributed by atoms with E-state index in [1.807, 2.05) is 47.0 Å². The molecule has 0 radical (unpaired) electrons. The third-order valence-corrected chi connectivity index (χ3v) is 3.70. The molecule has 3 aromatic rings. The number of para-hydroxylation sites is 1. The van der Waals surface area contributed by atoms with Gasteiger partial charge in [0.25, 0.3) is 0 Å². The van der Waals surface area contributed by atoms with E-state index in [2.05, 4.69) is 36.2 Å². The van der Waals surface area contributed by atoms with Crippen LogP contribution in [0.2, 0.25) is 5.28 Å². The molecule has 0 fully saturated rings. The van der Waals surface area contributed by atoms with Gasteiger partial charge in [0.05, 0.1) is 5.69 Å². The lowest BCUT2D eigenvalue weighted by Crippen LogP contribution is -2.03. The Labute approximate surface area is 129 Å². The van der Waals surface area contributed by atoms with Crippen LogP contribution in [0.3, 0.4) is 0 Å². The number of halogens is 1. The molecule has 0 aliphatic carbocycles. The minimum Gasteiger partial charge on any atom is -0.265 e. The molecule has 106 valence electrons. The summed E-state index contributed by atoms with van der Waals surface area (Å²) in [6, 6.07) is 18.2.